The highest BCUT2D eigenvalue weighted by Crippen LogP contribution is 2.25. The van der Waals surface area contributed by atoms with Crippen LogP contribution < -0.4 is 5.73 Å². The quantitative estimate of drug-likeness (QED) is 0.758. The minimum atomic E-state index is -2.58. The molecule has 4 heteroatoms. The topological polar surface area (TPSA) is 38.9 Å². The minimum Gasteiger partial charge on any atom is -0.398 e. The summed E-state index contributed by atoms with van der Waals surface area (Å²) in [4.78, 5) is 3.81. The van der Waals surface area contributed by atoms with Crippen LogP contribution in [0.4, 0.5) is 14.5 Å². The van der Waals surface area contributed by atoms with Crippen LogP contribution in [0.2, 0.25) is 0 Å². The van der Waals surface area contributed by atoms with Crippen LogP contribution in [-0.2, 0) is 0 Å². The Kier molecular flexibility index (Phi) is 2.04. The van der Waals surface area contributed by atoms with Gasteiger partial charge in [0.2, 0.25) is 0 Å². The molecule has 0 bridgehead atoms. The predicted octanol–water partition coefficient (Wildman–Crippen LogP) is 2.75. The Morgan fingerprint density at radius 3 is 2.64 bits per heavy atom. The lowest BCUT2D eigenvalue weighted by molar-refractivity contribution is 0.146. The lowest BCUT2D eigenvalue weighted by Crippen LogP contribution is -1.95. The van der Waals surface area contributed by atoms with Crippen molar-refractivity contribution in [2.75, 3.05) is 5.73 Å². The standard InChI is InChI=1S/C10H8F2N2/c11-10(12)9-5-7(13)6-3-1-2-4-8(6)14-9/h1-5,10H,(H2,13,14). The minimum absolute atomic E-state index is 0.277. The Bertz CT molecular complexity index is 469. The molecule has 1 aromatic heterocycles. The number of alkyl halides is 2. The van der Waals surface area contributed by atoms with Gasteiger partial charge in [-0.3, -0.25) is 0 Å². The summed E-state index contributed by atoms with van der Waals surface area (Å²) in [6.07, 6.45) is -2.58. The second kappa shape index (κ2) is 3.21. The first-order valence-corrected chi connectivity index (χ1v) is 4.12. The monoisotopic (exact) mass is 194 g/mol. The maximum absolute atomic E-state index is 12.4. The van der Waals surface area contributed by atoms with Gasteiger partial charge < -0.3 is 5.73 Å². The van der Waals surface area contributed by atoms with Crippen LogP contribution in [0.25, 0.3) is 10.9 Å². The molecule has 0 amide bonds. The normalized spacial score (nSPS) is 11.1. The van der Waals surface area contributed by atoms with E-state index in [-0.39, 0.29) is 5.69 Å². The molecule has 0 aliphatic carbocycles. The van der Waals surface area contributed by atoms with Gasteiger partial charge in [0.15, 0.2) is 0 Å². The maximum atomic E-state index is 12.4. The predicted molar refractivity (Wildman–Crippen MR) is 51.1 cm³/mol. The van der Waals surface area contributed by atoms with Crippen molar-refractivity contribution in [2.45, 2.75) is 6.43 Å². The Hall–Kier alpha value is -1.71. The van der Waals surface area contributed by atoms with Gasteiger partial charge >= 0.3 is 0 Å². The number of benzene rings is 1. The third-order valence-electron chi connectivity index (χ3n) is 1.99. The Morgan fingerprint density at radius 2 is 1.93 bits per heavy atom. The number of halogens is 2. The SMILES string of the molecule is Nc1cc(C(F)F)nc2ccccc12. The summed E-state index contributed by atoms with van der Waals surface area (Å²) in [5, 5.41) is 0.705. The van der Waals surface area contributed by atoms with E-state index < -0.39 is 6.43 Å². The van der Waals surface area contributed by atoms with Gasteiger partial charge in [0.05, 0.1) is 5.52 Å². The molecule has 1 heterocycles. The lowest BCUT2D eigenvalue weighted by atomic mass is 10.1. The highest BCUT2D eigenvalue weighted by Gasteiger charge is 2.11. The van der Waals surface area contributed by atoms with Crippen LogP contribution in [0.1, 0.15) is 12.1 Å². The largest absolute Gasteiger partial charge is 0.398 e. The smallest absolute Gasteiger partial charge is 0.280 e. The van der Waals surface area contributed by atoms with Crippen molar-refractivity contribution in [3.63, 3.8) is 0 Å². The highest BCUT2D eigenvalue weighted by atomic mass is 19.3. The van der Waals surface area contributed by atoms with Crippen LogP contribution in [0.15, 0.2) is 30.3 Å². The zero-order chi connectivity index (χ0) is 10.1. The van der Waals surface area contributed by atoms with Crippen molar-refractivity contribution in [2.24, 2.45) is 0 Å². The molecule has 0 aliphatic rings. The number of anilines is 1. The average Bonchev–Trinajstić information content (AvgIpc) is 2.17. The zero-order valence-electron chi connectivity index (χ0n) is 7.24. The molecule has 2 rings (SSSR count). The molecule has 0 aliphatic heterocycles. The van der Waals surface area contributed by atoms with Crippen molar-refractivity contribution in [3.8, 4) is 0 Å². The molecular weight excluding hydrogens is 186 g/mol. The number of pyridine rings is 1. The molecule has 0 saturated heterocycles. The molecule has 1 aromatic carbocycles. The van der Waals surface area contributed by atoms with Crippen molar-refractivity contribution >= 4 is 16.6 Å². The molecule has 2 nitrogen and oxygen atoms in total. The molecular formula is C10H8F2N2. The molecule has 72 valence electrons. The fourth-order valence-corrected chi connectivity index (χ4v) is 1.34. The molecule has 0 fully saturated rings. The number of nitrogens with two attached hydrogens (primary N) is 1. The summed E-state index contributed by atoms with van der Waals surface area (Å²) < 4.78 is 24.7. The van der Waals surface area contributed by atoms with Gasteiger partial charge in [0.1, 0.15) is 5.69 Å². The van der Waals surface area contributed by atoms with Crippen molar-refractivity contribution in [1.82, 2.24) is 4.98 Å². The molecule has 0 saturated carbocycles. The first kappa shape index (κ1) is 8.87. The molecule has 0 spiro atoms. The fraction of sp³-hybridized carbons (Fsp3) is 0.100. The first-order valence-electron chi connectivity index (χ1n) is 4.12. The van der Waals surface area contributed by atoms with E-state index in [0.717, 1.165) is 0 Å². The number of rotatable bonds is 1. The summed E-state index contributed by atoms with van der Waals surface area (Å²) in [6, 6.07) is 8.17. The number of fused-ring (bicyclic) bond motifs is 1. The van der Waals surface area contributed by atoms with Crippen LogP contribution in [-0.4, -0.2) is 4.98 Å². The van der Waals surface area contributed by atoms with Crippen molar-refractivity contribution in [1.29, 1.82) is 0 Å². The third-order valence-corrected chi connectivity index (χ3v) is 1.99. The van der Waals surface area contributed by atoms with E-state index in [1.54, 1.807) is 24.3 Å². The molecule has 0 atom stereocenters. The van der Waals surface area contributed by atoms with Gasteiger partial charge in [-0.05, 0) is 12.1 Å². The van der Waals surface area contributed by atoms with Crippen LogP contribution in [0, 0.1) is 0 Å². The number of nitrogen functional groups attached to an aromatic ring is 1. The summed E-state index contributed by atoms with van der Waals surface area (Å²) in [5.41, 5.74) is 6.19. The second-order valence-corrected chi connectivity index (χ2v) is 2.95. The molecule has 0 unspecified atom stereocenters. The zero-order valence-corrected chi connectivity index (χ0v) is 7.24. The number of nitrogens with zero attached hydrogens (tertiary/aromatic N) is 1. The van der Waals surface area contributed by atoms with Crippen LogP contribution >= 0.6 is 0 Å². The number of hydrogen-bond acceptors (Lipinski definition) is 2. The van der Waals surface area contributed by atoms with E-state index in [4.69, 9.17) is 5.73 Å². The van der Waals surface area contributed by atoms with Gasteiger partial charge in [-0.2, -0.15) is 0 Å². The van der Waals surface area contributed by atoms with Gasteiger partial charge in [0, 0.05) is 11.1 Å². The average molecular weight is 194 g/mol. The summed E-state index contributed by atoms with van der Waals surface area (Å²) in [5.74, 6) is 0. The summed E-state index contributed by atoms with van der Waals surface area (Å²) in [7, 11) is 0. The Labute approximate surface area is 79.4 Å². The van der Waals surface area contributed by atoms with Crippen molar-refractivity contribution in [3.05, 3.63) is 36.0 Å². The van der Waals surface area contributed by atoms with E-state index >= 15 is 0 Å². The number of aromatic nitrogens is 1. The first-order chi connectivity index (χ1) is 6.68. The van der Waals surface area contributed by atoms with Gasteiger partial charge in [-0.25, -0.2) is 13.8 Å². The maximum Gasteiger partial charge on any atom is 0.280 e. The Balaban J connectivity index is 2.72. The van der Waals surface area contributed by atoms with E-state index in [1.807, 2.05) is 0 Å². The molecule has 0 radical (unpaired) electrons. The van der Waals surface area contributed by atoms with Gasteiger partial charge in [-0.15, -0.1) is 0 Å². The van der Waals surface area contributed by atoms with Gasteiger partial charge in [0.25, 0.3) is 6.43 Å². The Morgan fingerprint density at radius 1 is 1.21 bits per heavy atom. The van der Waals surface area contributed by atoms with Crippen molar-refractivity contribution < 1.29 is 8.78 Å². The molecule has 2 N–H and O–H groups in total. The van der Waals surface area contributed by atoms with E-state index in [2.05, 4.69) is 4.98 Å². The van der Waals surface area contributed by atoms with Crippen LogP contribution in [0.3, 0.4) is 0 Å². The molecule has 14 heavy (non-hydrogen) atoms. The summed E-state index contributed by atoms with van der Waals surface area (Å²) >= 11 is 0. The van der Waals surface area contributed by atoms with Crippen LogP contribution in [0.5, 0.6) is 0 Å². The summed E-state index contributed by atoms with van der Waals surface area (Å²) in [6.45, 7) is 0. The second-order valence-electron chi connectivity index (χ2n) is 2.95. The number of hydrogen-bond donors (Lipinski definition) is 1. The fourth-order valence-electron chi connectivity index (χ4n) is 1.34. The van der Waals surface area contributed by atoms with Gasteiger partial charge in [-0.1, -0.05) is 18.2 Å². The van der Waals surface area contributed by atoms with E-state index in [9.17, 15) is 8.78 Å². The number of para-hydroxylation sites is 1. The molecule has 2 aromatic rings. The van der Waals surface area contributed by atoms with E-state index in [0.29, 0.717) is 16.6 Å². The lowest BCUT2D eigenvalue weighted by Gasteiger charge is -2.04. The highest BCUT2D eigenvalue weighted by molar-refractivity contribution is 5.90. The third kappa shape index (κ3) is 1.39. The van der Waals surface area contributed by atoms with E-state index in [1.165, 1.54) is 6.07 Å².